The number of anilines is 1. The summed E-state index contributed by atoms with van der Waals surface area (Å²) in [6, 6.07) is 6.38. The van der Waals surface area contributed by atoms with Gasteiger partial charge in [0.1, 0.15) is 5.82 Å². The molecule has 0 unspecified atom stereocenters. The summed E-state index contributed by atoms with van der Waals surface area (Å²) in [5.41, 5.74) is 1.70. The van der Waals surface area contributed by atoms with Crippen LogP contribution in [0, 0.1) is 12.7 Å². The fraction of sp³-hybridized carbons (Fsp3) is 0.250. The van der Waals surface area contributed by atoms with Crippen LogP contribution in [0.25, 0.3) is 0 Å². The van der Waals surface area contributed by atoms with Crippen LogP contribution in [0.1, 0.15) is 5.69 Å². The van der Waals surface area contributed by atoms with Crippen LogP contribution >= 0.6 is 11.6 Å². The summed E-state index contributed by atoms with van der Waals surface area (Å²) in [6.07, 6.45) is 1.62. The van der Waals surface area contributed by atoms with E-state index in [1.165, 1.54) is 12.1 Å². The molecule has 0 aliphatic heterocycles. The molecule has 3 nitrogen and oxygen atoms in total. The van der Waals surface area contributed by atoms with Crippen molar-refractivity contribution in [3.05, 3.63) is 47.0 Å². The van der Waals surface area contributed by atoms with Crippen molar-refractivity contribution in [3.8, 4) is 0 Å². The van der Waals surface area contributed by atoms with Gasteiger partial charge in [-0.15, -0.1) is 0 Å². The second-order valence-corrected chi connectivity index (χ2v) is 4.15. The number of hydrogen-bond acceptors (Lipinski definition) is 2. The van der Waals surface area contributed by atoms with Crippen LogP contribution in [0.2, 0.25) is 5.02 Å². The smallest absolute Gasteiger partial charge is 0.125 e. The van der Waals surface area contributed by atoms with Crippen molar-refractivity contribution >= 4 is 17.3 Å². The average Bonchev–Trinajstić information content (AvgIpc) is 2.61. The Hall–Kier alpha value is -1.55. The van der Waals surface area contributed by atoms with Crippen LogP contribution in [-0.4, -0.2) is 16.3 Å². The molecule has 0 spiro atoms. The van der Waals surface area contributed by atoms with Crippen molar-refractivity contribution in [2.24, 2.45) is 0 Å². The van der Waals surface area contributed by atoms with Crippen molar-refractivity contribution in [3.63, 3.8) is 0 Å². The van der Waals surface area contributed by atoms with Gasteiger partial charge in [0.15, 0.2) is 0 Å². The highest BCUT2D eigenvalue weighted by molar-refractivity contribution is 6.31. The summed E-state index contributed by atoms with van der Waals surface area (Å²) in [6.45, 7) is 3.27. The molecule has 1 N–H and O–H groups in total. The maximum atomic E-state index is 12.9. The van der Waals surface area contributed by atoms with Crippen LogP contribution in [0.15, 0.2) is 30.5 Å². The monoisotopic (exact) mass is 253 g/mol. The van der Waals surface area contributed by atoms with Crippen molar-refractivity contribution in [1.82, 2.24) is 9.78 Å². The van der Waals surface area contributed by atoms with E-state index in [0.717, 1.165) is 11.4 Å². The summed E-state index contributed by atoms with van der Waals surface area (Å²) in [5.74, 6) is -0.242. The van der Waals surface area contributed by atoms with Gasteiger partial charge in [-0.2, -0.15) is 5.10 Å². The highest BCUT2D eigenvalue weighted by atomic mass is 35.5. The molecule has 2 rings (SSSR count). The summed E-state index contributed by atoms with van der Waals surface area (Å²) in [7, 11) is 0. The van der Waals surface area contributed by atoms with Crippen LogP contribution < -0.4 is 5.32 Å². The average molecular weight is 254 g/mol. The molecule has 0 saturated heterocycles. The van der Waals surface area contributed by atoms with Crippen molar-refractivity contribution in [1.29, 1.82) is 0 Å². The molecule has 17 heavy (non-hydrogen) atoms. The fourth-order valence-corrected chi connectivity index (χ4v) is 1.69. The van der Waals surface area contributed by atoms with Gasteiger partial charge in [0.2, 0.25) is 0 Å². The highest BCUT2D eigenvalue weighted by Crippen LogP contribution is 2.13. The van der Waals surface area contributed by atoms with E-state index in [1.807, 2.05) is 17.7 Å². The van der Waals surface area contributed by atoms with Crippen molar-refractivity contribution < 1.29 is 4.39 Å². The number of rotatable bonds is 4. The van der Waals surface area contributed by atoms with Gasteiger partial charge < -0.3 is 5.32 Å². The third kappa shape index (κ3) is 2.97. The van der Waals surface area contributed by atoms with Gasteiger partial charge in [0, 0.05) is 12.2 Å². The lowest BCUT2D eigenvalue weighted by molar-refractivity contribution is 0.617. The summed E-state index contributed by atoms with van der Waals surface area (Å²) < 4.78 is 14.7. The molecule has 0 atom stereocenters. The van der Waals surface area contributed by atoms with Gasteiger partial charge in [0.05, 0.1) is 23.5 Å². The summed E-state index contributed by atoms with van der Waals surface area (Å²) in [4.78, 5) is 0. The number of nitrogens with zero attached hydrogens (tertiary/aromatic N) is 2. The predicted octanol–water partition coefficient (Wildman–Crippen LogP) is 3.10. The Labute approximate surface area is 104 Å². The van der Waals surface area contributed by atoms with Gasteiger partial charge in [-0.05, 0) is 25.1 Å². The zero-order valence-corrected chi connectivity index (χ0v) is 10.2. The van der Waals surface area contributed by atoms with Gasteiger partial charge in [-0.1, -0.05) is 17.7 Å². The Kier molecular flexibility index (Phi) is 3.64. The maximum absolute atomic E-state index is 12.9. The predicted molar refractivity (Wildman–Crippen MR) is 66.9 cm³/mol. The largest absolute Gasteiger partial charge is 0.383 e. The van der Waals surface area contributed by atoms with E-state index >= 15 is 0 Å². The highest BCUT2D eigenvalue weighted by Gasteiger charge is 2.02. The molecule has 0 radical (unpaired) electrons. The minimum atomic E-state index is -0.242. The summed E-state index contributed by atoms with van der Waals surface area (Å²) in [5, 5.41) is 7.92. The van der Waals surface area contributed by atoms with Crippen molar-refractivity contribution in [2.45, 2.75) is 13.5 Å². The third-order valence-electron chi connectivity index (χ3n) is 2.52. The molecule has 0 saturated carbocycles. The zero-order valence-electron chi connectivity index (χ0n) is 9.45. The molecule has 0 aliphatic carbocycles. The summed E-state index contributed by atoms with van der Waals surface area (Å²) >= 11 is 5.89. The standard InChI is InChI=1S/C12H13ClFN3/c1-9-12(13)8-16-17(9)6-5-15-11-4-2-3-10(14)7-11/h2-4,7-8,15H,5-6H2,1H3. The number of nitrogens with one attached hydrogen (secondary N) is 1. The van der Waals surface area contributed by atoms with Crippen LogP contribution in [-0.2, 0) is 6.54 Å². The first-order chi connectivity index (χ1) is 8.16. The lowest BCUT2D eigenvalue weighted by Gasteiger charge is -2.07. The van der Waals surface area contributed by atoms with Crippen molar-refractivity contribution in [2.75, 3.05) is 11.9 Å². The number of halogens is 2. The van der Waals surface area contributed by atoms with E-state index in [4.69, 9.17) is 11.6 Å². The van der Waals surface area contributed by atoms with E-state index < -0.39 is 0 Å². The van der Waals surface area contributed by atoms with Crippen LogP contribution in [0.3, 0.4) is 0 Å². The number of hydrogen-bond donors (Lipinski definition) is 1. The van der Waals surface area contributed by atoms with Gasteiger partial charge >= 0.3 is 0 Å². The minimum absolute atomic E-state index is 0.242. The van der Waals surface area contributed by atoms with E-state index in [1.54, 1.807) is 12.3 Å². The Morgan fingerprint density at radius 1 is 1.47 bits per heavy atom. The van der Waals surface area contributed by atoms with Gasteiger partial charge in [0.25, 0.3) is 0 Å². The Morgan fingerprint density at radius 3 is 2.94 bits per heavy atom. The molecule has 5 heteroatoms. The number of aromatic nitrogens is 2. The maximum Gasteiger partial charge on any atom is 0.125 e. The first kappa shape index (κ1) is 11.9. The van der Waals surface area contributed by atoms with E-state index in [0.29, 0.717) is 18.1 Å². The second kappa shape index (κ2) is 5.19. The molecule has 1 aromatic carbocycles. The van der Waals surface area contributed by atoms with Crippen LogP contribution in [0.4, 0.5) is 10.1 Å². The Balaban J connectivity index is 1.90. The normalized spacial score (nSPS) is 10.5. The lowest BCUT2D eigenvalue weighted by Crippen LogP contribution is -2.12. The lowest BCUT2D eigenvalue weighted by atomic mass is 10.3. The molecular formula is C12H13ClFN3. The van der Waals surface area contributed by atoms with Gasteiger partial charge in [-0.25, -0.2) is 4.39 Å². The molecule has 0 bridgehead atoms. The molecular weight excluding hydrogens is 241 g/mol. The molecule has 90 valence electrons. The molecule has 1 heterocycles. The zero-order chi connectivity index (χ0) is 12.3. The molecule has 0 amide bonds. The second-order valence-electron chi connectivity index (χ2n) is 3.74. The van der Waals surface area contributed by atoms with E-state index in [2.05, 4.69) is 10.4 Å². The van der Waals surface area contributed by atoms with Gasteiger partial charge in [-0.3, -0.25) is 4.68 Å². The fourth-order valence-electron chi connectivity index (χ4n) is 1.55. The first-order valence-electron chi connectivity index (χ1n) is 5.34. The quantitative estimate of drug-likeness (QED) is 0.908. The molecule has 0 aliphatic rings. The van der Waals surface area contributed by atoms with E-state index in [9.17, 15) is 4.39 Å². The molecule has 2 aromatic rings. The minimum Gasteiger partial charge on any atom is -0.383 e. The molecule has 0 fully saturated rings. The van der Waals surface area contributed by atoms with E-state index in [-0.39, 0.29) is 5.82 Å². The topological polar surface area (TPSA) is 29.9 Å². The number of benzene rings is 1. The Morgan fingerprint density at radius 2 is 2.29 bits per heavy atom. The van der Waals surface area contributed by atoms with Crippen LogP contribution in [0.5, 0.6) is 0 Å². The third-order valence-corrected chi connectivity index (χ3v) is 2.89. The first-order valence-corrected chi connectivity index (χ1v) is 5.72. The SMILES string of the molecule is Cc1c(Cl)cnn1CCNc1cccc(F)c1. The molecule has 1 aromatic heterocycles. The Bertz CT molecular complexity index is 510.